The van der Waals surface area contributed by atoms with Gasteiger partial charge < -0.3 is 10.1 Å². The lowest BCUT2D eigenvalue weighted by molar-refractivity contribution is 0.475. The van der Waals surface area contributed by atoms with Crippen LogP contribution in [0.15, 0.2) is 29.1 Å². The van der Waals surface area contributed by atoms with Crippen molar-refractivity contribution in [1.82, 2.24) is 9.97 Å². The van der Waals surface area contributed by atoms with Gasteiger partial charge in [0, 0.05) is 16.8 Å². The molecule has 0 unspecified atom stereocenters. The number of nitrogens with one attached hydrogen (secondary N) is 1. The molecule has 1 aromatic carbocycles. The summed E-state index contributed by atoms with van der Waals surface area (Å²) in [5.41, 5.74) is 2.02. The van der Waals surface area contributed by atoms with Crippen LogP contribution < -0.4 is 5.56 Å². The van der Waals surface area contributed by atoms with Gasteiger partial charge in [0.2, 0.25) is 0 Å². The molecule has 0 aliphatic heterocycles. The highest BCUT2D eigenvalue weighted by Crippen LogP contribution is 2.21. The summed E-state index contributed by atoms with van der Waals surface area (Å²) >= 11 is 0. The monoisotopic (exact) mass is 244 g/mol. The zero-order chi connectivity index (χ0) is 13.3. The lowest BCUT2D eigenvalue weighted by Crippen LogP contribution is -2.18. The molecule has 0 spiro atoms. The number of aromatic hydroxyl groups is 1. The lowest BCUT2D eigenvalue weighted by atomic mass is 10.0. The number of aryl methyl sites for hydroxylation is 1. The molecule has 2 N–H and O–H groups in total. The van der Waals surface area contributed by atoms with Gasteiger partial charge in [0.1, 0.15) is 11.6 Å². The van der Waals surface area contributed by atoms with Gasteiger partial charge in [-0.05, 0) is 25.0 Å². The second-order valence-corrected chi connectivity index (χ2v) is 4.62. The molecule has 0 bridgehead atoms. The Balaban J connectivity index is 2.59. The maximum atomic E-state index is 12.0. The molecular weight excluding hydrogens is 228 g/mol. The topological polar surface area (TPSA) is 66.0 Å². The first kappa shape index (κ1) is 12.4. The molecular formula is C14H16N2O2. The summed E-state index contributed by atoms with van der Waals surface area (Å²) in [5, 5.41) is 9.44. The van der Waals surface area contributed by atoms with Crippen molar-refractivity contribution in [3.63, 3.8) is 0 Å². The fourth-order valence-electron chi connectivity index (χ4n) is 2.06. The first-order valence-electron chi connectivity index (χ1n) is 5.89. The third kappa shape index (κ3) is 2.27. The summed E-state index contributed by atoms with van der Waals surface area (Å²) in [6.07, 6.45) is 0. The van der Waals surface area contributed by atoms with Crippen molar-refractivity contribution in [3.05, 3.63) is 45.9 Å². The summed E-state index contributed by atoms with van der Waals surface area (Å²) in [4.78, 5) is 19.2. The molecule has 0 radical (unpaired) electrons. The van der Waals surface area contributed by atoms with Crippen LogP contribution in [-0.2, 0) is 0 Å². The summed E-state index contributed by atoms with van der Waals surface area (Å²) in [7, 11) is 0. The number of hydrogen-bond donors (Lipinski definition) is 2. The molecule has 4 nitrogen and oxygen atoms in total. The molecule has 0 amide bonds. The molecule has 0 saturated heterocycles. The van der Waals surface area contributed by atoms with E-state index in [9.17, 15) is 9.90 Å². The molecule has 0 aliphatic rings. The fraction of sp³-hybridized carbons (Fsp3) is 0.286. The van der Waals surface area contributed by atoms with E-state index in [-0.39, 0.29) is 17.2 Å². The van der Waals surface area contributed by atoms with Crippen molar-refractivity contribution in [3.8, 4) is 17.1 Å². The zero-order valence-corrected chi connectivity index (χ0v) is 10.7. The predicted octanol–water partition coefficient (Wildman–Crippen LogP) is 2.57. The van der Waals surface area contributed by atoms with Crippen molar-refractivity contribution in [1.29, 1.82) is 0 Å². The fourth-order valence-corrected chi connectivity index (χ4v) is 2.06. The Morgan fingerprint density at radius 1 is 1.33 bits per heavy atom. The van der Waals surface area contributed by atoms with Gasteiger partial charge in [0.15, 0.2) is 0 Å². The highest BCUT2D eigenvalue weighted by molar-refractivity contribution is 5.57. The van der Waals surface area contributed by atoms with Crippen LogP contribution in [0, 0.1) is 6.92 Å². The molecule has 0 aliphatic carbocycles. The number of nitrogens with zero attached hydrogens (tertiary/aromatic N) is 1. The summed E-state index contributed by atoms with van der Waals surface area (Å²) in [6, 6.07) is 6.67. The molecule has 1 heterocycles. The van der Waals surface area contributed by atoms with E-state index < -0.39 is 0 Å². The van der Waals surface area contributed by atoms with E-state index in [1.807, 2.05) is 20.8 Å². The van der Waals surface area contributed by atoms with Crippen molar-refractivity contribution >= 4 is 0 Å². The quantitative estimate of drug-likeness (QED) is 0.853. The average Bonchev–Trinajstić information content (AvgIpc) is 2.27. The summed E-state index contributed by atoms with van der Waals surface area (Å²) in [5.74, 6) is 0.776. The molecule has 2 aromatic rings. The largest absolute Gasteiger partial charge is 0.508 e. The van der Waals surface area contributed by atoms with E-state index in [4.69, 9.17) is 0 Å². The second-order valence-electron chi connectivity index (χ2n) is 4.62. The van der Waals surface area contributed by atoms with Crippen LogP contribution in [0.25, 0.3) is 11.4 Å². The van der Waals surface area contributed by atoms with E-state index in [1.165, 1.54) is 0 Å². The third-order valence-corrected chi connectivity index (χ3v) is 2.84. The molecule has 1 aromatic heterocycles. The molecule has 2 rings (SSSR count). The minimum atomic E-state index is -0.115. The average molecular weight is 244 g/mol. The molecule has 18 heavy (non-hydrogen) atoms. The number of H-pyrrole nitrogens is 1. The number of hydrogen-bond acceptors (Lipinski definition) is 3. The van der Waals surface area contributed by atoms with Gasteiger partial charge in [0.05, 0.1) is 0 Å². The van der Waals surface area contributed by atoms with Gasteiger partial charge >= 0.3 is 0 Å². The van der Waals surface area contributed by atoms with Crippen LogP contribution >= 0.6 is 0 Å². The van der Waals surface area contributed by atoms with E-state index in [0.29, 0.717) is 17.0 Å². The van der Waals surface area contributed by atoms with E-state index in [2.05, 4.69) is 9.97 Å². The van der Waals surface area contributed by atoms with Gasteiger partial charge in [-0.25, -0.2) is 4.98 Å². The van der Waals surface area contributed by atoms with Gasteiger partial charge in [-0.1, -0.05) is 26.0 Å². The molecule has 0 fully saturated rings. The standard InChI is InChI=1S/C14H16N2O2/c1-8(2)12-9(3)15-13(16-14(12)18)10-5-4-6-11(17)7-10/h4-8,17H,1-3H3,(H,15,16,18). The molecule has 4 heteroatoms. The van der Waals surface area contributed by atoms with E-state index in [0.717, 1.165) is 5.69 Å². The first-order chi connectivity index (χ1) is 8.49. The number of rotatable bonds is 2. The maximum absolute atomic E-state index is 12.0. The maximum Gasteiger partial charge on any atom is 0.254 e. The van der Waals surface area contributed by atoms with E-state index in [1.54, 1.807) is 24.3 Å². The van der Waals surface area contributed by atoms with Crippen LogP contribution in [0.2, 0.25) is 0 Å². The van der Waals surface area contributed by atoms with Crippen molar-refractivity contribution in [2.45, 2.75) is 26.7 Å². The zero-order valence-electron chi connectivity index (χ0n) is 10.7. The first-order valence-corrected chi connectivity index (χ1v) is 5.89. The highest BCUT2D eigenvalue weighted by atomic mass is 16.3. The SMILES string of the molecule is Cc1nc(-c2cccc(O)c2)[nH]c(=O)c1C(C)C. The highest BCUT2D eigenvalue weighted by Gasteiger charge is 2.12. The third-order valence-electron chi connectivity index (χ3n) is 2.84. The Labute approximate surface area is 105 Å². The Bertz CT molecular complexity index is 630. The molecule has 0 atom stereocenters. The van der Waals surface area contributed by atoms with Gasteiger partial charge in [-0.2, -0.15) is 0 Å². The number of phenols is 1. The number of benzene rings is 1. The molecule has 94 valence electrons. The Morgan fingerprint density at radius 3 is 2.61 bits per heavy atom. The lowest BCUT2D eigenvalue weighted by Gasteiger charge is -2.09. The van der Waals surface area contributed by atoms with Crippen LogP contribution in [-0.4, -0.2) is 15.1 Å². The number of phenolic OH excluding ortho intramolecular Hbond substituents is 1. The predicted molar refractivity (Wildman–Crippen MR) is 70.8 cm³/mol. The molecule has 0 saturated carbocycles. The Morgan fingerprint density at radius 2 is 2.06 bits per heavy atom. The minimum absolute atomic E-state index is 0.115. The number of aromatic nitrogens is 2. The van der Waals surface area contributed by atoms with Crippen molar-refractivity contribution < 1.29 is 5.11 Å². The second kappa shape index (κ2) is 4.64. The summed E-state index contributed by atoms with van der Waals surface area (Å²) in [6.45, 7) is 5.76. The Kier molecular flexibility index (Phi) is 3.19. The van der Waals surface area contributed by atoms with Crippen LogP contribution in [0.1, 0.15) is 31.0 Å². The normalized spacial score (nSPS) is 10.9. The number of aromatic amines is 1. The van der Waals surface area contributed by atoms with Gasteiger partial charge in [-0.3, -0.25) is 4.79 Å². The van der Waals surface area contributed by atoms with Crippen molar-refractivity contribution in [2.75, 3.05) is 0 Å². The van der Waals surface area contributed by atoms with Crippen LogP contribution in [0.5, 0.6) is 5.75 Å². The minimum Gasteiger partial charge on any atom is -0.508 e. The van der Waals surface area contributed by atoms with E-state index >= 15 is 0 Å². The van der Waals surface area contributed by atoms with Crippen molar-refractivity contribution in [2.24, 2.45) is 0 Å². The summed E-state index contributed by atoms with van der Waals surface area (Å²) < 4.78 is 0. The van der Waals surface area contributed by atoms with Crippen LogP contribution in [0.4, 0.5) is 0 Å². The van der Waals surface area contributed by atoms with Gasteiger partial charge in [-0.15, -0.1) is 0 Å². The van der Waals surface area contributed by atoms with Gasteiger partial charge in [0.25, 0.3) is 5.56 Å². The van der Waals surface area contributed by atoms with Crippen LogP contribution in [0.3, 0.4) is 0 Å². The smallest absolute Gasteiger partial charge is 0.254 e. The Hall–Kier alpha value is -2.10.